The molecule has 4 heteroatoms. The predicted octanol–water partition coefficient (Wildman–Crippen LogP) is 2.30. The molecule has 1 spiro atoms. The van der Waals surface area contributed by atoms with Gasteiger partial charge in [0.2, 0.25) is 0 Å². The van der Waals surface area contributed by atoms with Crippen LogP contribution < -0.4 is 0 Å². The molecule has 98 valence electrons. The number of likely N-dealkylation sites (tertiary alicyclic amines) is 1. The van der Waals surface area contributed by atoms with Crippen LogP contribution in [0.4, 0.5) is 4.79 Å². The molecule has 0 bridgehead atoms. The number of carbonyl (C=O) groups excluding carboxylic acids is 1. The first kappa shape index (κ1) is 12.7. The van der Waals surface area contributed by atoms with Crippen molar-refractivity contribution < 1.29 is 14.6 Å². The zero-order valence-corrected chi connectivity index (χ0v) is 11.0. The molecule has 17 heavy (non-hydrogen) atoms. The van der Waals surface area contributed by atoms with Crippen molar-refractivity contribution in [1.82, 2.24) is 4.90 Å². The average molecular weight is 241 g/mol. The number of rotatable bonds is 0. The normalized spacial score (nSPS) is 33.4. The molecule has 0 radical (unpaired) electrons. The number of amides is 1. The summed E-state index contributed by atoms with van der Waals surface area (Å²) in [6.45, 7) is 6.42. The van der Waals surface area contributed by atoms with Crippen molar-refractivity contribution >= 4 is 6.09 Å². The summed E-state index contributed by atoms with van der Waals surface area (Å²) in [6, 6.07) is 0. The van der Waals surface area contributed by atoms with Crippen molar-refractivity contribution in [3.05, 3.63) is 0 Å². The molecule has 0 unspecified atom stereocenters. The standard InChI is InChI=1S/C13H23NO3/c1-12(2,3)17-11(16)14-8-4-6-13(14)7-5-10(15)9-13/h10,15H,4-9H2,1-3H3/t10-,13+/m1/s1. The van der Waals surface area contributed by atoms with Crippen LogP contribution in [0.2, 0.25) is 0 Å². The third-order valence-corrected chi connectivity index (χ3v) is 3.77. The van der Waals surface area contributed by atoms with Crippen LogP contribution in [0.1, 0.15) is 52.9 Å². The zero-order chi connectivity index (χ0) is 12.7. The maximum atomic E-state index is 12.2. The highest BCUT2D eigenvalue weighted by Crippen LogP contribution is 2.43. The predicted molar refractivity (Wildman–Crippen MR) is 64.8 cm³/mol. The summed E-state index contributed by atoms with van der Waals surface area (Å²) in [7, 11) is 0. The van der Waals surface area contributed by atoms with Gasteiger partial charge in [0.1, 0.15) is 5.60 Å². The van der Waals surface area contributed by atoms with Crippen molar-refractivity contribution in [1.29, 1.82) is 0 Å². The lowest BCUT2D eigenvalue weighted by Gasteiger charge is -2.36. The monoisotopic (exact) mass is 241 g/mol. The van der Waals surface area contributed by atoms with E-state index in [1.165, 1.54) is 0 Å². The lowest BCUT2D eigenvalue weighted by Crippen LogP contribution is -2.47. The van der Waals surface area contributed by atoms with E-state index in [1.807, 2.05) is 25.7 Å². The van der Waals surface area contributed by atoms with Gasteiger partial charge < -0.3 is 14.7 Å². The maximum Gasteiger partial charge on any atom is 0.410 e. The summed E-state index contributed by atoms with van der Waals surface area (Å²) in [5.41, 5.74) is -0.570. The fraction of sp³-hybridized carbons (Fsp3) is 0.923. The molecule has 4 nitrogen and oxygen atoms in total. The van der Waals surface area contributed by atoms with Gasteiger partial charge in [0.15, 0.2) is 0 Å². The molecule has 1 aliphatic carbocycles. The lowest BCUT2D eigenvalue weighted by atomic mass is 9.94. The van der Waals surface area contributed by atoms with Crippen LogP contribution in [0.5, 0.6) is 0 Å². The van der Waals surface area contributed by atoms with Gasteiger partial charge in [-0.3, -0.25) is 0 Å². The third kappa shape index (κ3) is 2.57. The number of carbonyl (C=O) groups is 1. The fourth-order valence-electron chi connectivity index (χ4n) is 3.09. The summed E-state index contributed by atoms with van der Waals surface area (Å²) in [6.07, 6.45) is 3.98. The van der Waals surface area contributed by atoms with Crippen LogP contribution in [0.25, 0.3) is 0 Å². The van der Waals surface area contributed by atoms with E-state index in [2.05, 4.69) is 0 Å². The Kier molecular flexibility index (Phi) is 3.10. The number of hydrogen-bond acceptors (Lipinski definition) is 3. The fourth-order valence-corrected chi connectivity index (χ4v) is 3.09. The van der Waals surface area contributed by atoms with Crippen LogP contribution in [0.3, 0.4) is 0 Å². The Morgan fingerprint density at radius 3 is 2.65 bits per heavy atom. The molecule has 1 amide bonds. The Bertz CT molecular complexity index is 310. The van der Waals surface area contributed by atoms with E-state index in [0.717, 1.165) is 32.2 Å². The Balaban J connectivity index is 2.07. The first-order valence-corrected chi connectivity index (χ1v) is 6.51. The number of aliphatic hydroxyl groups is 1. The quantitative estimate of drug-likeness (QED) is 0.708. The van der Waals surface area contributed by atoms with E-state index < -0.39 is 5.60 Å². The second-order valence-corrected chi connectivity index (χ2v) is 6.36. The molecule has 0 aromatic rings. The van der Waals surface area contributed by atoms with Gasteiger partial charge in [-0.1, -0.05) is 0 Å². The largest absolute Gasteiger partial charge is 0.444 e. The Morgan fingerprint density at radius 1 is 1.41 bits per heavy atom. The van der Waals surface area contributed by atoms with Gasteiger partial charge in [0, 0.05) is 12.1 Å². The summed E-state index contributed by atoms with van der Waals surface area (Å²) in [5, 5.41) is 9.71. The molecule has 1 N–H and O–H groups in total. The van der Waals surface area contributed by atoms with Gasteiger partial charge in [-0.2, -0.15) is 0 Å². The molecule has 0 aromatic carbocycles. The van der Waals surface area contributed by atoms with Crippen molar-refractivity contribution in [3.8, 4) is 0 Å². The summed E-state index contributed by atoms with van der Waals surface area (Å²) >= 11 is 0. The highest BCUT2D eigenvalue weighted by atomic mass is 16.6. The van der Waals surface area contributed by atoms with Gasteiger partial charge in [0.25, 0.3) is 0 Å². The van der Waals surface area contributed by atoms with Crippen LogP contribution in [0.15, 0.2) is 0 Å². The highest BCUT2D eigenvalue weighted by Gasteiger charge is 2.49. The van der Waals surface area contributed by atoms with Gasteiger partial charge >= 0.3 is 6.09 Å². The van der Waals surface area contributed by atoms with E-state index in [1.54, 1.807) is 0 Å². The molecular weight excluding hydrogens is 218 g/mol. The number of hydrogen-bond donors (Lipinski definition) is 1. The number of ether oxygens (including phenoxy) is 1. The minimum Gasteiger partial charge on any atom is -0.444 e. The number of aliphatic hydroxyl groups excluding tert-OH is 1. The zero-order valence-electron chi connectivity index (χ0n) is 11.0. The molecule has 1 saturated heterocycles. The smallest absolute Gasteiger partial charge is 0.410 e. The van der Waals surface area contributed by atoms with E-state index in [0.29, 0.717) is 6.42 Å². The third-order valence-electron chi connectivity index (χ3n) is 3.77. The van der Waals surface area contributed by atoms with Gasteiger partial charge in [0.05, 0.1) is 6.10 Å². The van der Waals surface area contributed by atoms with Crippen molar-refractivity contribution in [2.45, 2.75) is 70.1 Å². The summed E-state index contributed by atoms with van der Waals surface area (Å²) < 4.78 is 5.45. The number of nitrogens with zero attached hydrogens (tertiary/aromatic N) is 1. The van der Waals surface area contributed by atoms with Crippen molar-refractivity contribution in [2.75, 3.05) is 6.54 Å². The molecule has 2 aliphatic rings. The first-order chi connectivity index (χ1) is 7.82. The second-order valence-electron chi connectivity index (χ2n) is 6.36. The van der Waals surface area contributed by atoms with Crippen LogP contribution >= 0.6 is 0 Å². The Hall–Kier alpha value is -0.770. The van der Waals surface area contributed by atoms with E-state index in [9.17, 15) is 9.90 Å². The molecule has 2 atom stereocenters. The molecule has 1 saturated carbocycles. The second kappa shape index (κ2) is 4.16. The van der Waals surface area contributed by atoms with Gasteiger partial charge in [-0.05, 0) is 52.9 Å². The molecule has 1 heterocycles. The highest BCUT2D eigenvalue weighted by molar-refractivity contribution is 5.69. The Morgan fingerprint density at radius 2 is 2.12 bits per heavy atom. The minimum absolute atomic E-state index is 0.123. The van der Waals surface area contributed by atoms with Gasteiger partial charge in [-0.25, -0.2) is 4.79 Å². The van der Waals surface area contributed by atoms with Crippen molar-refractivity contribution in [2.24, 2.45) is 0 Å². The van der Waals surface area contributed by atoms with E-state index in [4.69, 9.17) is 4.74 Å². The average Bonchev–Trinajstić information content (AvgIpc) is 2.72. The SMILES string of the molecule is CC(C)(C)OC(=O)N1CCC[C@@]12CC[C@@H](O)C2. The molecule has 2 rings (SSSR count). The van der Waals surface area contributed by atoms with Crippen LogP contribution in [-0.2, 0) is 4.74 Å². The Labute approximate surface area is 103 Å². The van der Waals surface area contributed by atoms with Crippen LogP contribution in [0, 0.1) is 0 Å². The first-order valence-electron chi connectivity index (χ1n) is 6.51. The lowest BCUT2D eigenvalue weighted by molar-refractivity contribution is 0.00677. The molecule has 0 aromatic heterocycles. The molecular formula is C13H23NO3. The summed E-state index contributed by atoms with van der Waals surface area (Å²) in [5.74, 6) is 0. The summed E-state index contributed by atoms with van der Waals surface area (Å²) in [4.78, 5) is 14.0. The van der Waals surface area contributed by atoms with Crippen LogP contribution in [-0.4, -0.2) is 39.9 Å². The molecule has 1 aliphatic heterocycles. The topological polar surface area (TPSA) is 49.8 Å². The maximum absolute atomic E-state index is 12.2. The minimum atomic E-state index is -0.446. The van der Waals surface area contributed by atoms with Crippen molar-refractivity contribution in [3.63, 3.8) is 0 Å². The van der Waals surface area contributed by atoms with E-state index >= 15 is 0 Å². The van der Waals surface area contributed by atoms with E-state index in [-0.39, 0.29) is 17.7 Å². The molecule has 2 fully saturated rings. The van der Waals surface area contributed by atoms with Gasteiger partial charge in [-0.15, -0.1) is 0 Å².